The molecule has 0 saturated heterocycles. The van der Waals surface area contributed by atoms with Gasteiger partial charge < -0.3 is 0 Å². The van der Waals surface area contributed by atoms with E-state index in [-0.39, 0.29) is 11.8 Å². The quantitative estimate of drug-likeness (QED) is 0.594. The molecule has 1 aromatic carbocycles. The molecule has 0 saturated carbocycles. The molecule has 1 aliphatic rings. The van der Waals surface area contributed by atoms with Crippen LogP contribution in [-0.2, 0) is 6.42 Å². The summed E-state index contributed by atoms with van der Waals surface area (Å²) >= 11 is 0. The Hall–Kier alpha value is -1.80. The molecule has 2 unspecified atom stereocenters. The second kappa shape index (κ2) is 2.92. The summed E-state index contributed by atoms with van der Waals surface area (Å²) < 4.78 is 0. The Kier molecular flexibility index (Phi) is 1.76. The van der Waals surface area contributed by atoms with Gasteiger partial charge in [-0.1, -0.05) is 24.3 Å². The molecule has 2 heteroatoms. The number of benzene rings is 1. The van der Waals surface area contributed by atoms with Gasteiger partial charge in [0.2, 0.25) is 0 Å². The van der Waals surface area contributed by atoms with Gasteiger partial charge in [-0.2, -0.15) is 10.5 Å². The van der Waals surface area contributed by atoms with Crippen LogP contribution in [0.3, 0.4) is 0 Å². The van der Waals surface area contributed by atoms with E-state index in [1.54, 1.807) is 0 Å². The lowest BCUT2D eigenvalue weighted by atomic mass is 9.96. The molecule has 0 bridgehead atoms. The minimum Gasteiger partial charge on any atom is -0.198 e. The van der Waals surface area contributed by atoms with Gasteiger partial charge in [-0.25, -0.2) is 0 Å². The van der Waals surface area contributed by atoms with Gasteiger partial charge in [0, 0.05) is 0 Å². The first kappa shape index (κ1) is 7.83. The van der Waals surface area contributed by atoms with Gasteiger partial charge in [0.1, 0.15) is 0 Å². The van der Waals surface area contributed by atoms with E-state index in [0.29, 0.717) is 0 Å². The summed E-state index contributed by atoms with van der Waals surface area (Å²) in [7, 11) is 0. The molecule has 0 aliphatic heterocycles. The summed E-state index contributed by atoms with van der Waals surface area (Å²) in [4.78, 5) is 0. The maximum absolute atomic E-state index is 8.91. The number of rotatable bonds is 0. The minimum absolute atomic E-state index is 0.151. The van der Waals surface area contributed by atoms with Crippen molar-refractivity contribution in [3.63, 3.8) is 0 Å². The normalized spacial score (nSPS) is 24.5. The fourth-order valence-corrected chi connectivity index (χ4v) is 1.87. The fourth-order valence-electron chi connectivity index (χ4n) is 1.87. The third-order valence-corrected chi connectivity index (χ3v) is 2.54. The van der Waals surface area contributed by atoms with Crippen LogP contribution in [-0.4, -0.2) is 0 Å². The first-order valence-corrected chi connectivity index (χ1v) is 4.24. The van der Waals surface area contributed by atoms with Crippen molar-refractivity contribution >= 4 is 0 Å². The number of hydrogen-bond acceptors (Lipinski definition) is 2. The molecule has 0 fully saturated rings. The standard InChI is InChI=1S/C11H8N2/c12-6-9-5-8-3-1-2-4-10(8)11(9)7-13/h1-4,9,11H,5H2. The van der Waals surface area contributed by atoms with Gasteiger partial charge in [-0.15, -0.1) is 0 Å². The third-order valence-electron chi connectivity index (χ3n) is 2.54. The van der Waals surface area contributed by atoms with Crippen LogP contribution in [0.2, 0.25) is 0 Å². The van der Waals surface area contributed by atoms with Crippen LogP contribution in [0.15, 0.2) is 24.3 Å². The Bertz CT molecular complexity index is 409. The third kappa shape index (κ3) is 1.08. The summed E-state index contributed by atoms with van der Waals surface area (Å²) in [5.41, 5.74) is 2.19. The Morgan fingerprint density at radius 1 is 1.15 bits per heavy atom. The molecule has 1 aliphatic carbocycles. The van der Waals surface area contributed by atoms with E-state index in [2.05, 4.69) is 12.1 Å². The van der Waals surface area contributed by atoms with Crippen LogP contribution in [0.1, 0.15) is 17.0 Å². The molecule has 0 aromatic heterocycles. The highest BCUT2D eigenvalue weighted by Crippen LogP contribution is 2.36. The number of hydrogen-bond donors (Lipinski definition) is 0. The van der Waals surface area contributed by atoms with Gasteiger partial charge >= 0.3 is 0 Å². The lowest BCUT2D eigenvalue weighted by molar-refractivity contribution is 0.660. The lowest BCUT2D eigenvalue weighted by Gasteiger charge is -2.02. The molecule has 0 spiro atoms. The van der Waals surface area contributed by atoms with Crippen molar-refractivity contribution in [2.45, 2.75) is 12.3 Å². The molecule has 0 radical (unpaired) electrons. The number of nitrogens with zero attached hydrogens (tertiary/aromatic N) is 2. The SMILES string of the molecule is N#CC1Cc2ccccc2C1C#N. The zero-order chi connectivity index (χ0) is 9.26. The summed E-state index contributed by atoms with van der Waals surface area (Å²) in [5, 5.41) is 17.8. The second-order valence-corrected chi connectivity index (χ2v) is 3.25. The maximum Gasteiger partial charge on any atom is 0.0876 e. The molecular formula is C11H8N2. The molecule has 2 atom stereocenters. The maximum atomic E-state index is 8.91. The van der Waals surface area contributed by atoms with Crippen molar-refractivity contribution in [2.24, 2.45) is 5.92 Å². The lowest BCUT2D eigenvalue weighted by Crippen LogP contribution is -2.02. The van der Waals surface area contributed by atoms with E-state index < -0.39 is 0 Å². The molecule has 1 aromatic rings. The topological polar surface area (TPSA) is 47.6 Å². The molecule has 2 rings (SSSR count). The summed E-state index contributed by atoms with van der Waals surface area (Å²) in [6.45, 7) is 0. The van der Waals surface area contributed by atoms with Crippen LogP contribution in [0.25, 0.3) is 0 Å². The van der Waals surface area contributed by atoms with E-state index in [0.717, 1.165) is 17.5 Å². The van der Waals surface area contributed by atoms with Gasteiger partial charge in [0.25, 0.3) is 0 Å². The first-order chi connectivity index (χ1) is 6.36. The smallest absolute Gasteiger partial charge is 0.0876 e. The second-order valence-electron chi connectivity index (χ2n) is 3.25. The zero-order valence-electron chi connectivity index (χ0n) is 7.07. The average molecular weight is 168 g/mol. The predicted octanol–water partition coefficient (Wildman–Crippen LogP) is 1.99. The molecule has 0 amide bonds. The number of fused-ring (bicyclic) bond motifs is 1. The van der Waals surface area contributed by atoms with Gasteiger partial charge in [0.05, 0.1) is 24.0 Å². The summed E-state index contributed by atoms with van der Waals surface area (Å²) in [6, 6.07) is 12.2. The molecule has 0 N–H and O–H groups in total. The van der Waals surface area contributed by atoms with Crippen molar-refractivity contribution in [2.75, 3.05) is 0 Å². The summed E-state index contributed by atoms with van der Waals surface area (Å²) in [6.07, 6.45) is 0.727. The first-order valence-electron chi connectivity index (χ1n) is 4.24. The highest BCUT2D eigenvalue weighted by atomic mass is 14.4. The molecule has 62 valence electrons. The Balaban J connectivity index is 2.49. The van der Waals surface area contributed by atoms with Crippen LogP contribution in [0.5, 0.6) is 0 Å². The Morgan fingerprint density at radius 3 is 2.62 bits per heavy atom. The predicted molar refractivity (Wildman–Crippen MR) is 47.6 cm³/mol. The van der Waals surface area contributed by atoms with Crippen LogP contribution < -0.4 is 0 Å². The van der Waals surface area contributed by atoms with Crippen LogP contribution in [0.4, 0.5) is 0 Å². The number of nitriles is 2. The largest absolute Gasteiger partial charge is 0.198 e. The van der Waals surface area contributed by atoms with E-state index in [1.807, 2.05) is 24.3 Å². The van der Waals surface area contributed by atoms with Crippen molar-refractivity contribution < 1.29 is 0 Å². The molecule has 2 nitrogen and oxygen atoms in total. The van der Waals surface area contributed by atoms with Gasteiger partial charge in [0.15, 0.2) is 0 Å². The Labute approximate surface area is 77.0 Å². The molecule has 0 heterocycles. The monoisotopic (exact) mass is 168 g/mol. The van der Waals surface area contributed by atoms with Crippen molar-refractivity contribution in [3.8, 4) is 12.1 Å². The van der Waals surface area contributed by atoms with Gasteiger partial charge in [-0.05, 0) is 17.5 Å². The Morgan fingerprint density at radius 2 is 1.92 bits per heavy atom. The zero-order valence-corrected chi connectivity index (χ0v) is 7.07. The van der Waals surface area contributed by atoms with Gasteiger partial charge in [-0.3, -0.25) is 0 Å². The van der Waals surface area contributed by atoms with E-state index >= 15 is 0 Å². The molecular weight excluding hydrogens is 160 g/mol. The van der Waals surface area contributed by atoms with Crippen molar-refractivity contribution in [3.05, 3.63) is 35.4 Å². The highest BCUT2D eigenvalue weighted by Gasteiger charge is 2.31. The average Bonchev–Trinajstić information content (AvgIpc) is 2.55. The fraction of sp³-hybridized carbons (Fsp3) is 0.273. The van der Waals surface area contributed by atoms with E-state index in [1.165, 1.54) is 0 Å². The molecule has 13 heavy (non-hydrogen) atoms. The van der Waals surface area contributed by atoms with E-state index in [9.17, 15) is 0 Å². The minimum atomic E-state index is -0.221. The van der Waals surface area contributed by atoms with Crippen LogP contribution in [0, 0.1) is 28.6 Å². The van der Waals surface area contributed by atoms with Crippen molar-refractivity contribution in [1.29, 1.82) is 10.5 Å². The summed E-state index contributed by atoms with van der Waals surface area (Å²) in [5.74, 6) is -0.372. The van der Waals surface area contributed by atoms with E-state index in [4.69, 9.17) is 10.5 Å². The van der Waals surface area contributed by atoms with Crippen LogP contribution >= 0.6 is 0 Å². The van der Waals surface area contributed by atoms with Crippen molar-refractivity contribution in [1.82, 2.24) is 0 Å². The highest BCUT2D eigenvalue weighted by molar-refractivity contribution is 5.41.